The zero-order valence-electron chi connectivity index (χ0n) is 29.9. The normalized spacial score (nSPS) is 20.7. The summed E-state index contributed by atoms with van der Waals surface area (Å²) in [5.41, 5.74) is 5.22. The average Bonchev–Trinajstić information content (AvgIpc) is 3.32. The van der Waals surface area contributed by atoms with Crippen molar-refractivity contribution in [3.8, 4) is 0 Å². The van der Waals surface area contributed by atoms with Gasteiger partial charge in [-0.25, -0.2) is 18.0 Å². The number of aromatic nitrogens is 2. The first-order chi connectivity index (χ1) is 25.0. The highest BCUT2D eigenvalue weighted by atomic mass is 32.2. The molecule has 1 N–H and O–H groups in total. The molecule has 52 heavy (non-hydrogen) atoms. The van der Waals surface area contributed by atoms with Gasteiger partial charge in [-0.15, -0.1) is 0 Å². The predicted molar refractivity (Wildman–Crippen MR) is 196 cm³/mol. The van der Waals surface area contributed by atoms with E-state index in [-0.39, 0.29) is 30.4 Å². The zero-order valence-corrected chi connectivity index (χ0v) is 30.8. The topological polar surface area (TPSA) is 149 Å². The van der Waals surface area contributed by atoms with Crippen LogP contribution in [0.5, 0.6) is 0 Å². The van der Waals surface area contributed by atoms with Crippen LogP contribution in [0, 0.1) is 6.92 Å². The zero-order chi connectivity index (χ0) is 36.4. The lowest BCUT2D eigenvalue weighted by Crippen LogP contribution is -2.55. The van der Waals surface area contributed by atoms with Crippen molar-refractivity contribution in [1.82, 2.24) is 33.9 Å². The molecular weight excluding hydrogens is 685 g/mol. The summed E-state index contributed by atoms with van der Waals surface area (Å²) in [6, 6.07) is 11.9. The van der Waals surface area contributed by atoms with Crippen molar-refractivity contribution in [1.29, 1.82) is 0 Å². The summed E-state index contributed by atoms with van der Waals surface area (Å²) in [7, 11) is -3.21. The van der Waals surface area contributed by atoms with Gasteiger partial charge in [-0.2, -0.15) is 4.31 Å². The Morgan fingerprint density at radius 2 is 1.56 bits per heavy atom. The van der Waals surface area contributed by atoms with Crippen LogP contribution in [-0.2, 0) is 32.4 Å². The number of likely N-dealkylation sites (tertiary alicyclic amines) is 2. The molecule has 0 unspecified atom stereocenters. The Morgan fingerprint density at radius 1 is 0.885 bits per heavy atom. The number of hydrogen-bond acceptors (Lipinski definition) is 9. The molecule has 7 rings (SSSR count). The molecule has 0 spiro atoms. The number of rotatable bonds is 7. The standard InChI is InChI=1S/C37H48N8O6S/c1-26-23-27(24-32-34(26)39-13-12-38-32)25-33(35(46)42-14-8-29(9-15-42)41-19-21-44(22-20-41)52(2,49)50)51-37(48)43-16-10-30(11-17-43)45-18-7-28-5-3-4-6-31(28)40-36(45)47/h3-6,12-13,23-24,29-30,33H,7-11,14-22,25H2,1-2H3,(H,40,47)/t33-/m1/s1. The van der Waals surface area contributed by atoms with Crippen LogP contribution in [0.25, 0.3) is 11.0 Å². The van der Waals surface area contributed by atoms with Crippen molar-refractivity contribution >= 4 is 44.8 Å². The third-order valence-corrected chi connectivity index (χ3v) is 12.4. The van der Waals surface area contributed by atoms with Crippen molar-refractivity contribution in [2.24, 2.45) is 0 Å². The molecule has 3 saturated heterocycles. The number of piperidine rings is 2. The van der Waals surface area contributed by atoms with E-state index in [1.807, 2.05) is 48.2 Å². The minimum absolute atomic E-state index is 0.00637. The number of nitrogens with zero attached hydrogens (tertiary/aromatic N) is 7. The summed E-state index contributed by atoms with van der Waals surface area (Å²) in [4.78, 5) is 57.6. The Kier molecular flexibility index (Phi) is 10.6. The van der Waals surface area contributed by atoms with E-state index in [4.69, 9.17) is 4.74 Å². The molecule has 3 fully saturated rings. The van der Waals surface area contributed by atoms with Crippen molar-refractivity contribution < 1.29 is 27.5 Å². The van der Waals surface area contributed by atoms with Gasteiger partial charge < -0.3 is 24.8 Å². The number of benzene rings is 2. The summed E-state index contributed by atoms with van der Waals surface area (Å²) in [6.07, 6.45) is 6.71. The molecule has 5 heterocycles. The van der Waals surface area contributed by atoms with Gasteiger partial charge in [0, 0.05) is 95.5 Å². The van der Waals surface area contributed by atoms with Gasteiger partial charge in [0.1, 0.15) is 0 Å². The summed E-state index contributed by atoms with van der Waals surface area (Å²) < 4.78 is 31.6. The number of nitrogens with one attached hydrogen (secondary N) is 1. The van der Waals surface area contributed by atoms with Crippen molar-refractivity contribution in [3.05, 3.63) is 65.5 Å². The summed E-state index contributed by atoms with van der Waals surface area (Å²) in [5.74, 6) is -0.221. The average molecular weight is 733 g/mol. The number of aryl methyl sites for hydroxylation is 1. The van der Waals surface area contributed by atoms with E-state index in [1.54, 1.807) is 22.2 Å². The van der Waals surface area contributed by atoms with E-state index in [2.05, 4.69) is 20.2 Å². The van der Waals surface area contributed by atoms with E-state index in [0.29, 0.717) is 71.7 Å². The first kappa shape index (κ1) is 36.0. The molecule has 14 nitrogen and oxygen atoms in total. The Hall–Kier alpha value is -4.34. The number of fused-ring (bicyclic) bond motifs is 2. The molecule has 0 bridgehead atoms. The monoisotopic (exact) mass is 732 g/mol. The first-order valence-electron chi connectivity index (χ1n) is 18.3. The fourth-order valence-electron chi connectivity index (χ4n) is 8.18. The number of hydrogen-bond donors (Lipinski definition) is 1. The van der Waals surface area contributed by atoms with Gasteiger partial charge in [0.15, 0.2) is 6.10 Å². The molecule has 0 saturated carbocycles. The van der Waals surface area contributed by atoms with E-state index in [0.717, 1.165) is 52.7 Å². The van der Waals surface area contributed by atoms with Crippen LogP contribution < -0.4 is 5.32 Å². The van der Waals surface area contributed by atoms with Gasteiger partial charge in [0.25, 0.3) is 5.91 Å². The number of piperazine rings is 1. The van der Waals surface area contributed by atoms with E-state index in [1.165, 1.54) is 10.6 Å². The summed E-state index contributed by atoms with van der Waals surface area (Å²) in [5, 5.41) is 3.04. The molecular formula is C37H48N8O6S. The van der Waals surface area contributed by atoms with Crippen molar-refractivity contribution in [2.45, 2.75) is 63.6 Å². The number of urea groups is 1. The number of carbonyl (C=O) groups is 3. The minimum Gasteiger partial charge on any atom is -0.436 e. The number of amides is 4. The van der Waals surface area contributed by atoms with Gasteiger partial charge >= 0.3 is 12.1 Å². The number of ether oxygens (including phenoxy) is 1. The quantitative estimate of drug-likeness (QED) is 0.387. The largest absolute Gasteiger partial charge is 0.436 e. The Labute approximate surface area is 305 Å². The summed E-state index contributed by atoms with van der Waals surface area (Å²) >= 11 is 0. The van der Waals surface area contributed by atoms with E-state index < -0.39 is 22.2 Å². The maximum Gasteiger partial charge on any atom is 0.410 e. The number of sulfonamides is 1. The van der Waals surface area contributed by atoms with E-state index in [9.17, 15) is 22.8 Å². The lowest BCUT2D eigenvalue weighted by molar-refractivity contribution is -0.142. The molecule has 15 heteroatoms. The number of para-hydroxylation sites is 1. The van der Waals surface area contributed by atoms with Gasteiger partial charge in [0.05, 0.1) is 17.3 Å². The molecule has 2 aromatic carbocycles. The predicted octanol–water partition coefficient (Wildman–Crippen LogP) is 3.11. The Bertz CT molecular complexity index is 1900. The second kappa shape index (κ2) is 15.3. The van der Waals surface area contributed by atoms with Crippen LogP contribution in [-0.4, -0.2) is 144 Å². The number of anilines is 1. The Balaban J connectivity index is 0.996. The van der Waals surface area contributed by atoms with E-state index >= 15 is 0 Å². The second-order valence-electron chi connectivity index (χ2n) is 14.4. The van der Waals surface area contributed by atoms with Crippen molar-refractivity contribution in [2.75, 3.05) is 70.5 Å². The van der Waals surface area contributed by atoms with Crippen LogP contribution in [0.1, 0.15) is 42.4 Å². The SMILES string of the molecule is Cc1cc(C[C@@H](OC(=O)N2CCC(N3CCc4ccccc4NC3=O)CC2)C(=O)N2CCC(N3CCN(S(C)(=O)=O)CC3)CC2)cc2nccnc12. The molecule has 1 atom stereocenters. The lowest BCUT2D eigenvalue weighted by atomic mass is 9.99. The van der Waals surface area contributed by atoms with Gasteiger partial charge in [0.2, 0.25) is 10.0 Å². The van der Waals surface area contributed by atoms with Crippen LogP contribution >= 0.6 is 0 Å². The van der Waals surface area contributed by atoms with Gasteiger partial charge in [-0.3, -0.25) is 19.7 Å². The molecule has 1 aromatic heterocycles. The van der Waals surface area contributed by atoms with Crippen LogP contribution in [0.2, 0.25) is 0 Å². The molecule has 4 aliphatic heterocycles. The highest BCUT2D eigenvalue weighted by Crippen LogP contribution is 2.27. The fourth-order valence-corrected chi connectivity index (χ4v) is 9.01. The second-order valence-corrected chi connectivity index (χ2v) is 16.4. The van der Waals surface area contributed by atoms with Gasteiger partial charge in [-0.05, 0) is 67.9 Å². The highest BCUT2D eigenvalue weighted by molar-refractivity contribution is 7.88. The first-order valence-corrected chi connectivity index (χ1v) is 20.2. The fraction of sp³-hybridized carbons (Fsp3) is 0.541. The minimum atomic E-state index is -3.21. The third kappa shape index (κ3) is 8.01. The molecule has 3 aromatic rings. The maximum atomic E-state index is 14.2. The lowest BCUT2D eigenvalue weighted by Gasteiger charge is -2.42. The molecule has 0 radical (unpaired) electrons. The Morgan fingerprint density at radius 3 is 2.29 bits per heavy atom. The number of carbonyl (C=O) groups excluding carboxylic acids is 3. The highest BCUT2D eigenvalue weighted by Gasteiger charge is 2.37. The summed E-state index contributed by atoms with van der Waals surface area (Å²) in [6.45, 7) is 6.75. The van der Waals surface area contributed by atoms with Crippen LogP contribution in [0.3, 0.4) is 0 Å². The molecule has 0 aliphatic carbocycles. The van der Waals surface area contributed by atoms with Crippen molar-refractivity contribution in [3.63, 3.8) is 0 Å². The molecule has 278 valence electrons. The molecule has 4 aliphatic rings. The molecule has 4 amide bonds. The van der Waals surface area contributed by atoms with Crippen LogP contribution in [0.4, 0.5) is 15.3 Å². The maximum absolute atomic E-state index is 14.2. The van der Waals surface area contributed by atoms with Crippen LogP contribution in [0.15, 0.2) is 48.8 Å². The van der Waals surface area contributed by atoms with Gasteiger partial charge in [-0.1, -0.05) is 24.3 Å². The smallest absolute Gasteiger partial charge is 0.410 e. The third-order valence-electron chi connectivity index (χ3n) is 11.1.